The number of rotatable bonds is 3. The van der Waals surface area contributed by atoms with E-state index in [0.717, 1.165) is 19.5 Å². The fourth-order valence-electron chi connectivity index (χ4n) is 1.73. The van der Waals surface area contributed by atoms with Gasteiger partial charge in [-0.3, -0.25) is 4.90 Å². The molecule has 0 aromatic carbocycles. The van der Waals surface area contributed by atoms with E-state index in [0.29, 0.717) is 6.23 Å². The average molecular weight is 197 g/mol. The summed E-state index contributed by atoms with van der Waals surface area (Å²) in [5, 5.41) is 0. The van der Waals surface area contributed by atoms with E-state index in [9.17, 15) is 0 Å². The molecular weight excluding hydrogens is 184 g/mol. The van der Waals surface area contributed by atoms with Crippen molar-refractivity contribution in [2.24, 2.45) is 0 Å². The SMILES string of the molecule is CO[C@@H]1CCCN1Cc1cn[c]s1. The summed E-state index contributed by atoms with van der Waals surface area (Å²) in [4.78, 5) is 7.56. The molecule has 71 valence electrons. The predicted octanol–water partition coefficient (Wildman–Crippen LogP) is 1.51. The first kappa shape index (κ1) is 9.12. The Morgan fingerprint density at radius 2 is 2.77 bits per heavy atom. The van der Waals surface area contributed by atoms with E-state index in [1.54, 1.807) is 18.4 Å². The Labute approximate surface area is 82.3 Å². The second-order valence-corrected chi connectivity index (χ2v) is 4.13. The molecule has 0 bridgehead atoms. The molecule has 1 aromatic heterocycles. The highest BCUT2D eigenvalue weighted by Gasteiger charge is 2.23. The molecule has 0 amide bonds. The molecule has 1 saturated heterocycles. The van der Waals surface area contributed by atoms with Crippen LogP contribution in [0.2, 0.25) is 0 Å². The Balaban J connectivity index is 1.94. The van der Waals surface area contributed by atoms with E-state index in [2.05, 4.69) is 15.4 Å². The van der Waals surface area contributed by atoms with E-state index in [4.69, 9.17) is 4.74 Å². The van der Waals surface area contributed by atoms with Gasteiger partial charge >= 0.3 is 0 Å². The van der Waals surface area contributed by atoms with Gasteiger partial charge in [-0.1, -0.05) is 0 Å². The van der Waals surface area contributed by atoms with Crippen molar-refractivity contribution in [3.63, 3.8) is 0 Å². The van der Waals surface area contributed by atoms with Crippen LogP contribution in [-0.2, 0) is 11.3 Å². The molecule has 2 heterocycles. The van der Waals surface area contributed by atoms with E-state index in [-0.39, 0.29) is 0 Å². The van der Waals surface area contributed by atoms with E-state index >= 15 is 0 Å². The minimum Gasteiger partial charge on any atom is -0.366 e. The maximum absolute atomic E-state index is 5.37. The zero-order chi connectivity index (χ0) is 9.10. The van der Waals surface area contributed by atoms with Gasteiger partial charge in [-0.15, -0.1) is 11.3 Å². The number of likely N-dealkylation sites (tertiary alicyclic amines) is 1. The monoisotopic (exact) mass is 197 g/mol. The number of thiazole rings is 1. The molecule has 13 heavy (non-hydrogen) atoms. The summed E-state index contributed by atoms with van der Waals surface area (Å²) in [6.07, 6.45) is 4.58. The summed E-state index contributed by atoms with van der Waals surface area (Å²) < 4.78 is 5.37. The number of aromatic nitrogens is 1. The van der Waals surface area contributed by atoms with Crippen LogP contribution in [-0.4, -0.2) is 29.8 Å². The van der Waals surface area contributed by atoms with Gasteiger partial charge in [-0.05, 0) is 12.8 Å². The normalized spacial score (nSPS) is 23.9. The quantitative estimate of drug-likeness (QED) is 0.734. The van der Waals surface area contributed by atoms with Crippen molar-refractivity contribution in [3.8, 4) is 0 Å². The predicted molar refractivity (Wildman–Crippen MR) is 51.4 cm³/mol. The molecule has 1 radical (unpaired) electrons. The van der Waals surface area contributed by atoms with Crippen LogP contribution in [0.25, 0.3) is 0 Å². The molecule has 3 nitrogen and oxygen atoms in total. The van der Waals surface area contributed by atoms with Crippen LogP contribution in [0.15, 0.2) is 6.20 Å². The standard InChI is InChI=1S/C9H13N2OS/c1-12-9-3-2-4-11(9)6-8-5-10-7-13-8/h5,9H,2-4,6H2,1H3/t9-/m1/s1. The van der Waals surface area contributed by atoms with Crippen LogP contribution >= 0.6 is 11.3 Å². The second kappa shape index (κ2) is 4.17. The third kappa shape index (κ3) is 2.07. The van der Waals surface area contributed by atoms with Gasteiger partial charge in [0.2, 0.25) is 0 Å². The molecular formula is C9H13N2OS. The number of hydrogen-bond donors (Lipinski definition) is 0. The molecule has 0 N–H and O–H groups in total. The largest absolute Gasteiger partial charge is 0.366 e. The summed E-state index contributed by atoms with van der Waals surface area (Å²) in [5.41, 5.74) is 2.86. The number of methoxy groups -OCH3 is 1. The highest BCUT2D eigenvalue weighted by atomic mass is 32.1. The molecule has 1 fully saturated rings. The van der Waals surface area contributed by atoms with Crippen molar-refractivity contribution in [1.29, 1.82) is 0 Å². The topological polar surface area (TPSA) is 25.4 Å². The van der Waals surface area contributed by atoms with Crippen LogP contribution in [0.5, 0.6) is 0 Å². The summed E-state index contributed by atoms with van der Waals surface area (Å²) in [7, 11) is 1.78. The maximum atomic E-state index is 5.37. The number of nitrogens with zero attached hydrogens (tertiary/aromatic N) is 2. The summed E-state index contributed by atoms with van der Waals surface area (Å²) in [6.45, 7) is 2.09. The zero-order valence-electron chi connectivity index (χ0n) is 7.69. The molecule has 2 rings (SSSR count). The lowest BCUT2D eigenvalue weighted by Gasteiger charge is -2.21. The lowest BCUT2D eigenvalue weighted by atomic mass is 10.4. The fourth-order valence-corrected chi connectivity index (χ4v) is 2.28. The van der Waals surface area contributed by atoms with Gasteiger partial charge < -0.3 is 4.74 Å². The highest BCUT2D eigenvalue weighted by molar-refractivity contribution is 7.09. The Morgan fingerprint density at radius 1 is 1.85 bits per heavy atom. The van der Waals surface area contributed by atoms with Gasteiger partial charge in [0.25, 0.3) is 0 Å². The third-order valence-electron chi connectivity index (χ3n) is 2.37. The van der Waals surface area contributed by atoms with Crippen molar-refractivity contribution >= 4 is 11.3 Å². The Bertz CT molecular complexity index is 250. The van der Waals surface area contributed by atoms with Crippen molar-refractivity contribution < 1.29 is 4.74 Å². The first-order valence-electron chi connectivity index (χ1n) is 4.48. The van der Waals surface area contributed by atoms with Crippen molar-refractivity contribution in [2.45, 2.75) is 25.6 Å². The van der Waals surface area contributed by atoms with Crippen LogP contribution in [0, 0.1) is 5.51 Å². The molecule has 1 aliphatic heterocycles. The maximum Gasteiger partial charge on any atom is 0.152 e. The lowest BCUT2D eigenvalue weighted by molar-refractivity contribution is -0.00768. The van der Waals surface area contributed by atoms with Crippen LogP contribution < -0.4 is 0 Å². The third-order valence-corrected chi connectivity index (χ3v) is 3.07. The van der Waals surface area contributed by atoms with Gasteiger partial charge in [-0.25, -0.2) is 4.98 Å². The Morgan fingerprint density at radius 3 is 3.46 bits per heavy atom. The smallest absolute Gasteiger partial charge is 0.152 e. The van der Waals surface area contributed by atoms with E-state index in [1.165, 1.54) is 11.3 Å². The minimum atomic E-state index is 0.307. The zero-order valence-corrected chi connectivity index (χ0v) is 8.51. The van der Waals surface area contributed by atoms with Gasteiger partial charge in [0.15, 0.2) is 5.51 Å². The lowest BCUT2D eigenvalue weighted by Crippen LogP contribution is -2.29. The van der Waals surface area contributed by atoms with E-state index < -0.39 is 0 Å². The molecule has 4 heteroatoms. The number of ether oxygens (including phenoxy) is 1. The molecule has 0 unspecified atom stereocenters. The second-order valence-electron chi connectivity index (χ2n) is 3.22. The average Bonchev–Trinajstić information content (AvgIpc) is 2.76. The molecule has 1 aliphatic rings. The van der Waals surface area contributed by atoms with Crippen molar-refractivity contribution in [2.75, 3.05) is 13.7 Å². The van der Waals surface area contributed by atoms with Crippen molar-refractivity contribution in [3.05, 3.63) is 16.6 Å². The molecule has 0 spiro atoms. The first-order chi connectivity index (χ1) is 6.40. The summed E-state index contributed by atoms with van der Waals surface area (Å²) >= 11 is 1.59. The van der Waals surface area contributed by atoms with E-state index in [1.807, 2.05) is 6.20 Å². The van der Waals surface area contributed by atoms with Crippen molar-refractivity contribution in [1.82, 2.24) is 9.88 Å². The minimum absolute atomic E-state index is 0.307. The van der Waals surface area contributed by atoms with Gasteiger partial charge in [-0.2, -0.15) is 0 Å². The summed E-state index contributed by atoms with van der Waals surface area (Å²) in [5.74, 6) is 0. The Kier molecular flexibility index (Phi) is 2.93. The molecule has 1 aromatic rings. The summed E-state index contributed by atoms with van der Waals surface area (Å²) in [6, 6.07) is 0. The first-order valence-corrected chi connectivity index (χ1v) is 5.29. The van der Waals surface area contributed by atoms with Gasteiger partial charge in [0, 0.05) is 31.3 Å². The van der Waals surface area contributed by atoms with Crippen LogP contribution in [0.4, 0.5) is 0 Å². The molecule has 0 saturated carbocycles. The van der Waals surface area contributed by atoms with Gasteiger partial charge in [0.05, 0.1) is 0 Å². The molecule has 0 aliphatic carbocycles. The number of hydrogen-bond acceptors (Lipinski definition) is 4. The fraction of sp³-hybridized carbons (Fsp3) is 0.667. The van der Waals surface area contributed by atoms with Gasteiger partial charge in [0.1, 0.15) is 6.23 Å². The molecule has 1 atom stereocenters. The Hall–Kier alpha value is -0.450. The van der Waals surface area contributed by atoms with Crippen LogP contribution in [0.3, 0.4) is 0 Å². The van der Waals surface area contributed by atoms with Crippen LogP contribution in [0.1, 0.15) is 17.7 Å². The highest BCUT2D eigenvalue weighted by Crippen LogP contribution is 2.21.